The summed E-state index contributed by atoms with van der Waals surface area (Å²) in [4.78, 5) is 14.9. The van der Waals surface area contributed by atoms with Gasteiger partial charge in [-0.05, 0) is 51.2 Å². The highest BCUT2D eigenvalue weighted by molar-refractivity contribution is 5.80. The lowest BCUT2D eigenvalue weighted by Crippen LogP contribution is -2.67. The van der Waals surface area contributed by atoms with Crippen LogP contribution in [0.25, 0.3) is 0 Å². The van der Waals surface area contributed by atoms with Crippen molar-refractivity contribution in [2.24, 2.45) is 17.8 Å². The number of piperidine rings is 1. The van der Waals surface area contributed by atoms with E-state index in [1.165, 1.54) is 25.8 Å². The molecule has 1 saturated carbocycles. The Labute approximate surface area is 140 Å². The number of carbonyl (C=O) groups is 1. The molecular weight excluding hydrogens is 288 g/mol. The molecule has 5 unspecified atom stereocenters. The molecule has 3 aliphatic heterocycles. The zero-order valence-corrected chi connectivity index (χ0v) is 14.8. The molecule has 4 fully saturated rings. The van der Waals surface area contributed by atoms with Crippen LogP contribution in [0.15, 0.2) is 0 Å². The van der Waals surface area contributed by atoms with Crippen LogP contribution in [0.2, 0.25) is 0 Å². The highest BCUT2D eigenvalue weighted by atomic mass is 16.1. The van der Waals surface area contributed by atoms with E-state index in [1.807, 2.05) is 0 Å². The average molecular weight is 320 g/mol. The van der Waals surface area contributed by atoms with Gasteiger partial charge in [-0.1, -0.05) is 13.8 Å². The van der Waals surface area contributed by atoms with Gasteiger partial charge in [-0.2, -0.15) is 0 Å². The first kappa shape index (κ1) is 16.0. The predicted octanol–water partition coefficient (Wildman–Crippen LogP) is 1.21. The maximum atomic E-state index is 12.4. The zero-order valence-electron chi connectivity index (χ0n) is 14.8. The normalized spacial score (nSPS) is 45.5. The lowest BCUT2D eigenvalue weighted by Gasteiger charge is -2.54. The third kappa shape index (κ3) is 2.31. The van der Waals surface area contributed by atoms with E-state index in [4.69, 9.17) is 0 Å². The quantitative estimate of drug-likeness (QED) is 0.801. The van der Waals surface area contributed by atoms with E-state index in [0.717, 1.165) is 25.9 Å². The molecule has 5 nitrogen and oxygen atoms in total. The number of carbonyl (C=O) groups excluding carboxylic acids is 1. The van der Waals surface area contributed by atoms with Gasteiger partial charge in [0.05, 0.1) is 6.17 Å². The minimum Gasteiger partial charge on any atom is -0.316 e. The lowest BCUT2D eigenvalue weighted by molar-refractivity contribution is -0.135. The molecule has 0 radical (unpaired) electrons. The van der Waals surface area contributed by atoms with Crippen LogP contribution >= 0.6 is 0 Å². The molecule has 130 valence electrons. The third-order valence-electron chi connectivity index (χ3n) is 7.03. The Morgan fingerprint density at radius 2 is 2.13 bits per heavy atom. The highest BCUT2D eigenvalue weighted by Crippen LogP contribution is 2.52. The topological polar surface area (TPSA) is 47.6 Å². The van der Waals surface area contributed by atoms with Crippen molar-refractivity contribution in [1.29, 1.82) is 0 Å². The van der Waals surface area contributed by atoms with E-state index in [2.05, 4.69) is 41.5 Å². The van der Waals surface area contributed by atoms with Crippen LogP contribution in [0, 0.1) is 17.8 Å². The number of ketones is 1. The van der Waals surface area contributed by atoms with Gasteiger partial charge in [0.15, 0.2) is 0 Å². The summed E-state index contributed by atoms with van der Waals surface area (Å²) in [5, 5.41) is 6.20. The minimum absolute atomic E-state index is 0.178. The number of Topliss-reactive ketones (excluding diaryl/α,β-unsaturated/α-hetero) is 1. The van der Waals surface area contributed by atoms with Crippen molar-refractivity contribution >= 4 is 5.78 Å². The maximum absolute atomic E-state index is 12.4. The molecule has 4 rings (SSSR count). The summed E-state index contributed by atoms with van der Waals surface area (Å²) in [6.45, 7) is 7.89. The standard InChI is InChI=1S/C18H32N4O/c1-12(2)17-15-10-14(23)9-13-11-19-7-6-18(13,15)22(20-17)16-5-4-8-21(16)3/h12-13,15-17,19-20H,4-11H2,1-3H3. The van der Waals surface area contributed by atoms with Gasteiger partial charge in [0.25, 0.3) is 0 Å². The van der Waals surface area contributed by atoms with Crippen molar-refractivity contribution in [3.63, 3.8) is 0 Å². The molecule has 3 heterocycles. The Balaban J connectivity index is 1.75. The molecule has 5 atom stereocenters. The van der Waals surface area contributed by atoms with Crippen LogP contribution in [0.4, 0.5) is 0 Å². The summed E-state index contributed by atoms with van der Waals surface area (Å²) >= 11 is 0. The molecule has 1 spiro atoms. The van der Waals surface area contributed by atoms with Crippen molar-refractivity contribution in [1.82, 2.24) is 20.7 Å². The molecule has 4 aliphatic rings. The SMILES string of the molecule is CC(C)C1NN(C2CCCN2C)C23CCNCC2CC(=O)CC13. The fourth-order valence-electron chi connectivity index (χ4n) is 5.96. The number of hydrazine groups is 1. The molecule has 0 aromatic carbocycles. The molecule has 23 heavy (non-hydrogen) atoms. The van der Waals surface area contributed by atoms with E-state index >= 15 is 0 Å². The molecular formula is C18H32N4O. The molecule has 0 amide bonds. The second-order valence-corrected chi connectivity index (χ2v) is 8.57. The molecule has 2 N–H and O–H groups in total. The number of rotatable bonds is 2. The summed E-state index contributed by atoms with van der Waals surface area (Å²) < 4.78 is 0. The molecule has 0 aromatic rings. The van der Waals surface area contributed by atoms with Gasteiger partial charge in [0.2, 0.25) is 0 Å². The van der Waals surface area contributed by atoms with Crippen LogP contribution in [0.3, 0.4) is 0 Å². The van der Waals surface area contributed by atoms with Crippen molar-refractivity contribution in [2.45, 2.75) is 63.7 Å². The minimum atomic E-state index is 0.178. The summed E-state index contributed by atoms with van der Waals surface area (Å²) in [6, 6.07) is 0.439. The number of nitrogens with one attached hydrogen (secondary N) is 2. The van der Waals surface area contributed by atoms with E-state index in [0.29, 0.717) is 35.7 Å². The van der Waals surface area contributed by atoms with Crippen LogP contribution in [-0.2, 0) is 4.79 Å². The second kappa shape index (κ2) is 5.80. The Morgan fingerprint density at radius 3 is 2.83 bits per heavy atom. The van der Waals surface area contributed by atoms with Crippen molar-refractivity contribution in [3.8, 4) is 0 Å². The van der Waals surface area contributed by atoms with Crippen LogP contribution in [0.5, 0.6) is 0 Å². The van der Waals surface area contributed by atoms with Gasteiger partial charge in [-0.15, -0.1) is 0 Å². The number of hydrogen-bond acceptors (Lipinski definition) is 5. The number of likely N-dealkylation sites (tertiary alicyclic amines) is 1. The van der Waals surface area contributed by atoms with Crippen LogP contribution < -0.4 is 10.7 Å². The second-order valence-electron chi connectivity index (χ2n) is 8.57. The Kier molecular flexibility index (Phi) is 4.03. The van der Waals surface area contributed by atoms with E-state index < -0.39 is 0 Å². The van der Waals surface area contributed by atoms with Gasteiger partial charge in [-0.3, -0.25) is 9.69 Å². The van der Waals surface area contributed by atoms with Gasteiger partial charge in [0, 0.05) is 36.9 Å². The summed E-state index contributed by atoms with van der Waals surface area (Å²) in [5.41, 5.74) is 4.10. The Hall–Kier alpha value is -0.490. The summed E-state index contributed by atoms with van der Waals surface area (Å²) in [5.74, 6) is 1.99. The van der Waals surface area contributed by atoms with E-state index in [9.17, 15) is 4.79 Å². The van der Waals surface area contributed by atoms with Crippen LogP contribution in [0.1, 0.15) is 46.0 Å². The first-order valence-corrected chi connectivity index (χ1v) is 9.52. The number of hydrogen-bond donors (Lipinski definition) is 2. The monoisotopic (exact) mass is 320 g/mol. The van der Waals surface area contributed by atoms with Crippen molar-refractivity contribution in [3.05, 3.63) is 0 Å². The fraction of sp³-hybridized carbons (Fsp3) is 0.944. The van der Waals surface area contributed by atoms with Gasteiger partial charge in [0.1, 0.15) is 5.78 Å². The summed E-state index contributed by atoms with van der Waals surface area (Å²) in [6.07, 6.45) is 5.75. The molecule has 0 aromatic heterocycles. The maximum Gasteiger partial charge on any atom is 0.133 e. The molecule has 3 saturated heterocycles. The molecule has 0 bridgehead atoms. The molecule has 5 heteroatoms. The lowest BCUT2D eigenvalue weighted by atomic mass is 9.60. The first-order valence-electron chi connectivity index (χ1n) is 9.52. The Bertz CT molecular complexity index is 482. The fourth-order valence-corrected chi connectivity index (χ4v) is 5.96. The van der Waals surface area contributed by atoms with Gasteiger partial charge >= 0.3 is 0 Å². The summed E-state index contributed by atoms with van der Waals surface area (Å²) in [7, 11) is 2.26. The zero-order chi connectivity index (χ0) is 16.2. The van der Waals surface area contributed by atoms with E-state index in [1.54, 1.807) is 0 Å². The van der Waals surface area contributed by atoms with Gasteiger partial charge in [-0.25, -0.2) is 10.4 Å². The van der Waals surface area contributed by atoms with Crippen molar-refractivity contribution in [2.75, 3.05) is 26.7 Å². The Morgan fingerprint density at radius 1 is 1.30 bits per heavy atom. The molecule has 1 aliphatic carbocycles. The first-order chi connectivity index (χ1) is 11.0. The third-order valence-corrected chi connectivity index (χ3v) is 7.03. The average Bonchev–Trinajstić information content (AvgIpc) is 3.06. The number of nitrogens with zero attached hydrogens (tertiary/aromatic N) is 2. The van der Waals surface area contributed by atoms with E-state index in [-0.39, 0.29) is 5.54 Å². The largest absolute Gasteiger partial charge is 0.316 e. The van der Waals surface area contributed by atoms with Crippen molar-refractivity contribution < 1.29 is 4.79 Å². The smallest absolute Gasteiger partial charge is 0.133 e. The van der Waals surface area contributed by atoms with Gasteiger partial charge < -0.3 is 5.32 Å². The highest BCUT2D eigenvalue weighted by Gasteiger charge is 2.63. The predicted molar refractivity (Wildman–Crippen MR) is 90.7 cm³/mol. The van der Waals surface area contributed by atoms with Crippen LogP contribution in [-0.4, -0.2) is 60.1 Å².